The maximum Gasteiger partial charge on any atom is 0.381 e. The highest BCUT2D eigenvalue weighted by atomic mass is 16.4. The molecule has 0 bridgehead atoms. The van der Waals surface area contributed by atoms with E-state index >= 15 is 0 Å². The largest absolute Gasteiger partial charge is 0.472 e. The maximum atomic E-state index is 9.13. The molecule has 0 atom stereocenters. The molecule has 9 nitrogen and oxygen atoms in total. The summed E-state index contributed by atoms with van der Waals surface area (Å²) in [5.74, 6) is 0.681. The van der Waals surface area contributed by atoms with E-state index in [1.807, 2.05) is 6.92 Å². The van der Waals surface area contributed by atoms with Gasteiger partial charge in [0.2, 0.25) is 0 Å². The molecule has 0 aromatic heterocycles. The first-order valence-corrected chi connectivity index (χ1v) is 5.97. The molecule has 24 heavy (non-hydrogen) atoms. The standard InChI is InChI=1S/C6H14O3.3C3H2O2/c1-2-6(3-7,4-8)5-9;3*1-2-3(4)5/h7-9H,2-5H2,1H3;3*1H,(H,4,5). The maximum absolute atomic E-state index is 9.13. The number of terminal acetylenes is 3. The van der Waals surface area contributed by atoms with Crippen LogP contribution in [0.1, 0.15) is 13.3 Å². The van der Waals surface area contributed by atoms with Gasteiger partial charge in [0.1, 0.15) is 0 Å². The predicted molar refractivity (Wildman–Crippen MR) is 83.4 cm³/mol. The summed E-state index contributed by atoms with van der Waals surface area (Å²) in [5, 5.41) is 48.4. The second-order valence-electron chi connectivity index (χ2n) is 3.68. The van der Waals surface area contributed by atoms with Gasteiger partial charge in [0.15, 0.2) is 0 Å². The van der Waals surface area contributed by atoms with Gasteiger partial charge in [0, 0.05) is 23.2 Å². The summed E-state index contributed by atoms with van der Waals surface area (Å²) in [4.78, 5) is 27.4. The lowest BCUT2D eigenvalue weighted by Gasteiger charge is -2.24. The van der Waals surface area contributed by atoms with E-state index in [1.54, 1.807) is 0 Å². The highest BCUT2D eigenvalue weighted by molar-refractivity contribution is 5.86. The molecule has 0 fully saturated rings. The number of hydrogen-bond acceptors (Lipinski definition) is 6. The minimum atomic E-state index is -1.22. The molecule has 0 aliphatic carbocycles. The van der Waals surface area contributed by atoms with Crippen LogP contribution in [0.15, 0.2) is 0 Å². The minimum Gasteiger partial charge on any atom is -0.472 e. The Hall–Kier alpha value is -3.03. The summed E-state index contributed by atoms with van der Waals surface area (Å²) in [7, 11) is 0. The van der Waals surface area contributed by atoms with Crippen LogP contribution in [0.5, 0.6) is 0 Å². The molecule has 0 rings (SSSR count). The Labute approximate surface area is 139 Å². The summed E-state index contributed by atoms with van der Waals surface area (Å²) in [6.45, 7) is 1.35. The van der Waals surface area contributed by atoms with Gasteiger partial charge < -0.3 is 30.6 Å². The lowest BCUT2D eigenvalue weighted by atomic mass is 9.88. The number of hydrogen-bond donors (Lipinski definition) is 6. The number of aliphatic carboxylic acids is 3. The molecule has 9 heteroatoms. The quantitative estimate of drug-likeness (QED) is 0.331. The molecule has 0 saturated heterocycles. The van der Waals surface area contributed by atoms with Crippen molar-refractivity contribution < 1.29 is 45.0 Å². The molecule has 0 unspecified atom stereocenters. The topological polar surface area (TPSA) is 173 Å². The van der Waals surface area contributed by atoms with E-state index in [4.69, 9.17) is 45.0 Å². The van der Waals surface area contributed by atoms with Crippen molar-refractivity contribution >= 4 is 17.9 Å². The summed E-state index contributed by atoms with van der Waals surface area (Å²) in [6, 6.07) is 0. The first-order chi connectivity index (χ1) is 11.1. The molecule has 0 aliphatic rings. The van der Waals surface area contributed by atoms with E-state index in [2.05, 4.69) is 19.3 Å². The van der Waals surface area contributed by atoms with E-state index in [-0.39, 0.29) is 19.8 Å². The minimum absolute atomic E-state index is 0.156. The van der Waals surface area contributed by atoms with Crippen molar-refractivity contribution in [3.05, 3.63) is 0 Å². The number of aliphatic hydroxyl groups excluding tert-OH is 3. The molecule has 0 aromatic rings. The van der Waals surface area contributed by atoms with Gasteiger partial charge in [-0.1, -0.05) is 6.92 Å². The third kappa shape index (κ3) is 27.3. The Morgan fingerprint density at radius 2 is 0.917 bits per heavy atom. The number of rotatable bonds is 4. The van der Waals surface area contributed by atoms with Crippen LogP contribution >= 0.6 is 0 Å². The van der Waals surface area contributed by atoms with Gasteiger partial charge in [0.25, 0.3) is 0 Å². The van der Waals surface area contributed by atoms with Crippen LogP contribution in [0.3, 0.4) is 0 Å². The van der Waals surface area contributed by atoms with Crippen molar-refractivity contribution in [1.29, 1.82) is 0 Å². The first-order valence-electron chi connectivity index (χ1n) is 5.97. The van der Waals surface area contributed by atoms with Crippen molar-refractivity contribution in [3.63, 3.8) is 0 Å². The SMILES string of the molecule is C#CC(=O)O.C#CC(=O)O.C#CC(=O)O.CCC(CO)(CO)CO. The van der Waals surface area contributed by atoms with Gasteiger partial charge in [-0.25, -0.2) is 14.4 Å². The zero-order chi connectivity index (χ0) is 20.2. The van der Waals surface area contributed by atoms with Gasteiger partial charge in [0.05, 0.1) is 19.8 Å². The van der Waals surface area contributed by atoms with Crippen molar-refractivity contribution in [2.24, 2.45) is 5.41 Å². The summed E-state index contributed by atoms with van der Waals surface area (Å²) in [5.41, 5.74) is -0.667. The Bertz CT molecular complexity index is 410. The van der Waals surface area contributed by atoms with Gasteiger partial charge in [-0.05, 0) is 6.42 Å². The van der Waals surface area contributed by atoms with Crippen molar-refractivity contribution in [2.45, 2.75) is 13.3 Å². The molecular weight excluding hydrogens is 324 g/mol. The summed E-state index contributed by atoms with van der Waals surface area (Å²) in [6.07, 6.45) is 13.6. The molecule has 0 saturated carbocycles. The van der Waals surface area contributed by atoms with Crippen LogP contribution < -0.4 is 0 Å². The number of carbonyl (C=O) groups is 3. The third-order valence-electron chi connectivity index (χ3n) is 2.13. The van der Waals surface area contributed by atoms with Crippen molar-refractivity contribution in [3.8, 4) is 37.0 Å². The molecule has 6 N–H and O–H groups in total. The van der Waals surface area contributed by atoms with Crippen LogP contribution in [0.2, 0.25) is 0 Å². The average Bonchev–Trinajstić information content (AvgIpc) is 2.59. The normalized spacial score (nSPS) is 7.88. The first kappa shape index (κ1) is 29.0. The molecule has 0 amide bonds. The van der Waals surface area contributed by atoms with Gasteiger partial charge >= 0.3 is 17.9 Å². The zero-order valence-corrected chi connectivity index (χ0v) is 13.0. The van der Waals surface area contributed by atoms with E-state index in [1.165, 1.54) is 17.8 Å². The summed E-state index contributed by atoms with van der Waals surface area (Å²) < 4.78 is 0. The lowest BCUT2D eigenvalue weighted by molar-refractivity contribution is -0.131. The van der Waals surface area contributed by atoms with Crippen LogP contribution in [0.4, 0.5) is 0 Å². The average molecular weight is 344 g/mol. The van der Waals surface area contributed by atoms with Crippen LogP contribution in [0.25, 0.3) is 0 Å². The van der Waals surface area contributed by atoms with E-state index in [9.17, 15) is 0 Å². The number of carboxylic acids is 3. The molecule has 134 valence electrons. The Morgan fingerprint density at radius 3 is 0.917 bits per heavy atom. The Morgan fingerprint density at radius 1 is 0.750 bits per heavy atom. The molecule has 0 heterocycles. The molecule has 0 radical (unpaired) electrons. The predicted octanol–water partition coefficient (Wildman–Crippen LogP) is -1.53. The molecule has 0 aromatic carbocycles. The zero-order valence-electron chi connectivity index (χ0n) is 13.0. The smallest absolute Gasteiger partial charge is 0.381 e. The molecule has 0 aliphatic heterocycles. The highest BCUT2D eigenvalue weighted by Gasteiger charge is 2.24. The second-order valence-corrected chi connectivity index (χ2v) is 3.68. The van der Waals surface area contributed by atoms with Crippen LogP contribution in [-0.4, -0.2) is 68.4 Å². The van der Waals surface area contributed by atoms with Crippen LogP contribution in [0, 0.1) is 42.4 Å². The highest BCUT2D eigenvalue weighted by Crippen LogP contribution is 2.18. The fraction of sp³-hybridized carbons (Fsp3) is 0.400. The monoisotopic (exact) mass is 344 g/mol. The number of aliphatic hydroxyl groups is 3. The van der Waals surface area contributed by atoms with Gasteiger partial charge in [-0.2, -0.15) is 0 Å². The van der Waals surface area contributed by atoms with Crippen LogP contribution in [-0.2, 0) is 14.4 Å². The van der Waals surface area contributed by atoms with Crippen molar-refractivity contribution in [2.75, 3.05) is 19.8 Å². The lowest BCUT2D eigenvalue weighted by Crippen LogP contribution is -2.32. The Balaban J connectivity index is -0.000000116. The second kappa shape index (κ2) is 20.0. The fourth-order valence-electron chi connectivity index (χ4n) is 0.485. The fourth-order valence-corrected chi connectivity index (χ4v) is 0.485. The van der Waals surface area contributed by atoms with Gasteiger partial charge in [-0.15, -0.1) is 19.3 Å². The number of carboxylic acid groups (broad SMARTS) is 3. The molecular formula is C15H20O9. The molecule has 0 spiro atoms. The van der Waals surface area contributed by atoms with Crippen molar-refractivity contribution in [1.82, 2.24) is 0 Å². The van der Waals surface area contributed by atoms with E-state index in [0.29, 0.717) is 6.42 Å². The van der Waals surface area contributed by atoms with Gasteiger partial charge in [-0.3, -0.25) is 0 Å². The Kier molecular flexibility index (Phi) is 24.2. The van der Waals surface area contributed by atoms with E-state index < -0.39 is 23.3 Å². The summed E-state index contributed by atoms with van der Waals surface area (Å²) >= 11 is 0. The third-order valence-corrected chi connectivity index (χ3v) is 2.13. The van der Waals surface area contributed by atoms with E-state index in [0.717, 1.165) is 0 Å².